The average molecular weight is 393 g/mol. The molecule has 0 aromatic carbocycles. The zero-order chi connectivity index (χ0) is 20.5. The van der Waals surface area contributed by atoms with Crippen LogP contribution in [0.4, 0.5) is 0 Å². The van der Waals surface area contributed by atoms with Crippen molar-refractivity contribution >= 4 is 12.2 Å². The van der Waals surface area contributed by atoms with Crippen molar-refractivity contribution in [3.63, 3.8) is 0 Å². The Kier molecular flexibility index (Phi) is 23.4. The molecule has 0 spiro atoms. The van der Waals surface area contributed by atoms with Crippen molar-refractivity contribution in [1.82, 2.24) is 0 Å². The largest absolute Gasteiger partial charge is 0.303 e. The zero-order valence-electron chi connectivity index (χ0n) is 18.9. The minimum atomic E-state index is 0.641. The third-order valence-corrected chi connectivity index (χ3v) is 5.94. The van der Waals surface area contributed by atoms with Gasteiger partial charge in [-0.05, 0) is 24.8 Å². The first-order valence-electron chi connectivity index (χ1n) is 12.5. The van der Waals surface area contributed by atoms with E-state index < -0.39 is 0 Å². The van der Waals surface area contributed by atoms with Crippen LogP contribution in [-0.4, -0.2) is 12.2 Å². The maximum atomic E-state index is 10.9. The SMILES string of the molecule is CCCCCCCCCC(CC=O)CCCCCCCCCCCCC=C=O. The summed E-state index contributed by atoms with van der Waals surface area (Å²) >= 11 is 0. The number of carbonyl (C=O) groups excluding carboxylic acids is 2. The molecule has 0 fully saturated rings. The van der Waals surface area contributed by atoms with Crippen LogP contribution in [-0.2, 0) is 9.59 Å². The molecule has 1 unspecified atom stereocenters. The Morgan fingerprint density at radius 3 is 1.50 bits per heavy atom. The Morgan fingerprint density at radius 2 is 1.07 bits per heavy atom. The highest BCUT2D eigenvalue weighted by Crippen LogP contribution is 2.21. The van der Waals surface area contributed by atoms with Gasteiger partial charge >= 0.3 is 0 Å². The fourth-order valence-corrected chi connectivity index (χ4v) is 4.06. The normalized spacial score (nSPS) is 11.9. The molecule has 0 rings (SSSR count). The molecule has 0 N–H and O–H groups in total. The van der Waals surface area contributed by atoms with Gasteiger partial charge in [0.1, 0.15) is 12.2 Å². The quantitative estimate of drug-likeness (QED) is 0.0993. The molecule has 0 aliphatic rings. The standard InChI is InChI=1S/C26H48O2/c1-2-3-4-5-12-15-18-21-26(23-25-28)22-19-16-13-10-8-6-7-9-11-14-17-20-24-27/h20,25-26H,2-19,21-23H2,1H3. The summed E-state index contributed by atoms with van der Waals surface area (Å²) in [4.78, 5) is 21.0. The summed E-state index contributed by atoms with van der Waals surface area (Å²) in [5, 5.41) is 0. The molecule has 0 aliphatic heterocycles. The molecular formula is C26H48O2. The summed E-state index contributed by atoms with van der Waals surface area (Å²) in [5.41, 5.74) is 0. The van der Waals surface area contributed by atoms with Crippen LogP contribution in [0.25, 0.3) is 0 Å². The van der Waals surface area contributed by atoms with Gasteiger partial charge in [-0.2, -0.15) is 0 Å². The maximum Gasteiger partial charge on any atom is 0.120 e. The van der Waals surface area contributed by atoms with E-state index in [0.29, 0.717) is 5.92 Å². The number of hydrogen-bond acceptors (Lipinski definition) is 2. The van der Waals surface area contributed by atoms with Gasteiger partial charge in [-0.15, -0.1) is 0 Å². The van der Waals surface area contributed by atoms with Crippen molar-refractivity contribution in [2.45, 2.75) is 142 Å². The van der Waals surface area contributed by atoms with Gasteiger partial charge in [-0.3, -0.25) is 0 Å². The van der Waals surface area contributed by atoms with Gasteiger partial charge in [-0.1, -0.05) is 122 Å². The summed E-state index contributed by atoms with van der Waals surface area (Å²) < 4.78 is 0. The third-order valence-electron chi connectivity index (χ3n) is 5.94. The smallest absolute Gasteiger partial charge is 0.120 e. The minimum absolute atomic E-state index is 0.641. The van der Waals surface area contributed by atoms with Crippen LogP contribution in [0.2, 0.25) is 0 Å². The van der Waals surface area contributed by atoms with Crippen LogP contribution < -0.4 is 0 Å². The van der Waals surface area contributed by atoms with E-state index >= 15 is 0 Å². The van der Waals surface area contributed by atoms with Crippen LogP contribution in [0.5, 0.6) is 0 Å². The molecule has 164 valence electrons. The second-order valence-electron chi connectivity index (χ2n) is 8.61. The molecule has 28 heavy (non-hydrogen) atoms. The molecule has 0 aromatic rings. The molecule has 0 saturated carbocycles. The summed E-state index contributed by atoms with van der Waals surface area (Å²) in [5.74, 6) is 2.49. The Hall–Kier alpha value is -0.880. The summed E-state index contributed by atoms with van der Waals surface area (Å²) in [6.07, 6.45) is 29.6. The van der Waals surface area contributed by atoms with Gasteiger partial charge in [0.15, 0.2) is 0 Å². The molecule has 0 bridgehead atoms. The highest BCUT2D eigenvalue weighted by Gasteiger charge is 2.08. The lowest BCUT2D eigenvalue weighted by molar-refractivity contribution is -0.108. The number of hydrogen-bond donors (Lipinski definition) is 0. The molecule has 2 nitrogen and oxygen atoms in total. The second-order valence-corrected chi connectivity index (χ2v) is 8.61. The van der Waals surface area contributed by atoms with Gasteiger partial charge in [0.05, 0.1) is 0 Å². The molecule has 1 atom stereocenters. The first-order chi connectivity index (χ1) is 13.8. The molecule has 0 aliphatic carbocycles. The zero-order valence-corrected chi connectivity index (χ0v) is 18.9. The fraction of sp³-hybridized carbons (Fsp3) is 0.885. The lowest BCUT2D eigenvalue weighted by Gasteiger charge is -2.14. The Balaban J connectivity index is 3.41. The summed E-state index contributed by atoms with van der Waals surface area (Å²) in [7, 11) is 0. The van der Waals surface area contributed by atoms with Gasteiger partial charge in [-0.25, -0.2) is 4.79 Å². The molecule has 0 aromatic heterocycles. The molecule has 0 saturated heterocycles. The van der Waals surface area contributed by atoms with E-state index in [9.17, 15) is 9.59 Å². The molecule has 2 heteroatoms. The second kappa shape index (κ2) is 24.2. The lowest BCUT2D eigenvalue weighted by Crippen LogP contribution is -2.02. The minimum Gasteiger partial charge on any atom is -0.303 e. The van der Waals surface area contributed by atoms with Crippen molar-refractivity contribution in [3.05, 3.63) is 6.08 Å². The third kappa shape index (κ3) is 21.4. The first-order valence-corrected chi connectivity index (χ1v) is 12.5. The van der Waals surface area contributed by atoms with E-state index in [4.69, 9.17) is 0 Å². The predicted molar refractivity (Wildman–Crippen MR) is 122 cm³/mol. The van der Waals surface area contributed by atoms with Crippen LogP contribution >= 0.6 is 0 Å². The van der Waals surface area contributed by atoms with Crippen LogP contribution in [0.1, 0.15) is 142 Å². The Morgan fingerprint density at radius 1 is 0.643 bits per heavy atom. The van der Waals surface area contributed by atoms with Crippen molar-refractivity contribution < 1.29 is 9.59 Å². The predicted octanol–water partition coefficient (Wildman–Crippen LogP) is 8.40. The van der Waals surface area contributed by atoms with Crippen LogP contribution in [0.3, 0.4) is 0 Å². The van der Waals surface area contributed by atoms with Crippen molar-refractivity contribution in [2.75, 3.05) is 0 Å². The van der Waals surface area contributed by atoms with E-state index in [0.717, 1.165) is 25.5 Å². The molecular weight excluding hydrogens is 344 g/mol. The highest BCUT2D eigenvalue weighted by atomic mass is 16.1. The van der Waals surface area contributed by atoms with Gasteiger partial charge in [0.25, 0.3) is 0 Å². The van der Waals surface area contributed by atoms with E-state index in [1.54, 1.807) is 6.08 Å². The fourth-order valence-electron chi connectivity index (χ4n) is 4.06. The number of unbranched alkanes of at least 4 members (excludes halogenated alkanes) is 16. The lowest BCUT2D eigenvalue weighted by atomic mass is 9.92. The first kappa shape index (κ1) is 27.1. The van der Waals surface area contributed by atoms with E-state index in [1.807, 2.05) is 5.94 Å². The van der Waals surface area contributed by atoms with Crippen LogP contribution in [0, 0.1) is 5.92 Å². The molecule has 0 heterocycles. The summed E-state index contributed by atoms with van der Waals surface area (Å²) in [6, 6.07) is 0. The Labute approximate surface area is 175 Å². The van der Waals surface area contributed by atoms with Gasteiger partial charge in [0.2, 0.25) is 0 Å². The van der Waals surface area contributed by atoms with Crippen molar-refractivity contribution in [1.29, 1.82) is 0 Å². The Bertz CT molecular complexity index is 357. The van der Waals surface area contributed by atoms with Gasteiger partial charge < -0.3 is 4.79 Å². The van der Waals surface area contributed by atoms with Crippen molar-refractivity contribution in [2.24, 2.45) is 5.92 Å². The number of aldehydes is 1. The van der Waals surface area contributed by atoms with Crippen molar-refractivity contribution in [3.8, 4) is 0 Å². The number of rotatable bonds is 23. The molecule has 0 radical (unpaired) electrons. The van der Waals surface area contributed by atoms with E-state index in [2.05, 4.69) is 6.92 Å². The van der Waals surface area contributed by atoms with Gasteiger partial charge in [0, 0.05) is 6.42 Å². The average Bonchev–Trinajstić information content (AvgIpc) is 2.70. The maximum absolute atomic E-state index is 10.9. The topological polar surface area (TPSA) is 34.1 Å². The molecule has 0 amide bonds. The number of allylic oxidation sites excluding steroid dienone is 1. The number of carbonyl (C=O) groups is 1. The monoisotopic (exact) mass is 392 g/mol. The highest BCUT2D eigenvalue weighted by molar-refractivity contribution is 5.49. The van der Waals surface area contributed by atoms with E-state index in [-0.39, 0.29) is 0 Å². The summed E-state index contributed by atoms with van der Waals surface area (Å²) in [6.45, 7) is 2.27. The van der Waals surface area contributed by atoms with Crippen LogP contribution in [0.15, 0.2) is 6.08 Å². The van der Waals surface area contributed by atoms with E-state index in [1.165, 1.54) is 116 Å².